The summed E-state index contributed by atoms with van der Waals surface area (Å²) in [5, 5.41) is 2.73. The molecule has 174 valence electrons. The SMILES string of the molecule is COc1ccc(NC(=O)COc2ccc(S(=O)(=O)NC3CCCCC3)cc2C)cc1OC. The van der Waals surface area contributed by atoms with E-state index >= 15 is 0 Å². The monoisotopic (exact) mass is 462 g/mol. The van der Waals surface area contributed by atoms with Crippen molar-refractivity contribution in [1.82, 2.24) is 4.72 Å². The molecule has 2 aromatic rings. The van der Waals surface area contributed by atoms with Crippen LogP contribution >= 0.6 is 0 Å². The van der Waals surface area contributed by atoms with Gasteiger partial charge in [-0.15, -0.1) is 0 Å². The van der Waals surface area contributed by atoms with Crippen LogP contribution in [-0.2, 0) is 14.8 Å². The topological polar surface area (TPSA) is 103 Å². The molecular formula is C23H30N2O6S. The maximum atomic E-state index is 12.7. The van der Waals surface area contributed by atoms with Gasteiger partial charge >= 0.3 is 0 Å². The summed E-state index contributed by atoms with van der Waals surface area (Å²) in [6.07, 6.45) is 4.99. The average molecular weight is 463 g/mol. The number of benzene rings is 2. The van der Waals surface area contributed by atoms with Crippen LogP contribution in [0.25, 0.3) is 0 Å². The van der Waals surface area contributed by atoms with Crippen LogP contribution in [0.5, 0.6) is 17.2 Å². The van der Waals surface area contributed by atoms with Crippen LogP contribution < -0.4 is 24.2 Å². The van der Waals surface area contributed by atoms with Crippen LogP contribution in [0, 0.1) is 6.92 Å². The van der Waals surface area contributed by atoms with Gasteiger partial charge in [-0.05, 0) is 55.7 Å². The Bertz CT molecular complexity index is 1050. The second-order valence-corrected chi connectivity index (χ2v) is 9.50. The third-order valence-electron chi connectivity index (χ3n) is 5.41. The first kappa shape index (κ1) is 23.9. The number of aryl methyl sites for hydroxylation is 1. The zero-order valence-electron chi connectivity index (χ0n) is 18.6. The first-order valence-electron chi connectivity index (χ1n) is 10.6. The highest BCUT2D eigenvalue weighted by Crippen LogP contribution is 2.30. The number of sulfonamides is 1. The summed E-state index contributed by atoms with van der Waals surface area (Å²) in [7, 11) is -0.536. The molecule has 0 saturated heterocycles. The second-order valence-electron chi connectivity index (χ2n) is 7.79. The van der Waals surface area contributed by atoms with E-state index in [-0.39, 0.29) is 23.5 Å². The molecule has 1 amide bonds. The third kappa shape index (κ3) is 6.14. The Kier molecular flexibility index (Phi) is 7.98. The summed E-state index contributed by atoms with van der Waals surface area (Å²) < 4.78 is 44.2. The Morgan fingerprint density at radius 2 is 1.66 bits per heavy atom. The van der Waals surface area contributed by atoms with Gasteiger partial charge in [0.25, 0.3) is 5.91 Å². The van der Waals surface area contributed by atoms with Gasteiger partial charge in [0.2, 0.25) is 10.0 Å². The van der Waals surface area contributed by atoms with Gasteiger partial charge in [-0.2, -0.15) is 0 Å². The Hall–Kier alpha value is -2.78. The highest BCUT2D eigenvalue weighted by atomic mass is 32.2. The number of rotatable bonds is 9. The van der Waals surface area contributed by atoms with Crippen molar-refractivity contribution in [3.05, 3.63) is 42.0 Å². The molecule has 0 radical (unpaired) electrons. The van der Waals surface area contributed by atoms with Crippen molar-refractivity contribution in [3.63, 3.8) is 0 Å². The van der Waals surface area contributed by atoms with Crippen molar-refractivity contribution in [2.45, 2.75) is 50.0 Å². The van der Waals surface area contributed by atoms with Crippen LogP contribution in [0.15, 0.2) is 41.3 Å². The molecule has 1 aliphatic carbocycles. The third-order valence-corrected chi connectivity index (χ3v) is 6.93. The van der Waals surface area contributed by atoms with Gasteiger partial charge in [-0.25, -0.2) is 13.1 Å². The molecule has 32 heavy (non-hydrogen) atoms. The second kappa shape index (κ2) is 10.7. The molecule has 1 aliphatic rings. The van der Waals surface area contributed by atoms with Gasteiger partial charge in [-0.1, -0.05) is 19.3 Å². The first-order valence-corrected chi connectivity index (χ1v) is 12.1. The minimum atomic E-state index is -3.59. The van der Waals surface area contributed by atoms with Crippen LogP contribution in [0.2, 0.25) is 0 Å². The molecule has 2 N–H and O–H groups in total. The van der Waals surface area contributed by atoms with E-state index in [4.69, 9.17) is 14.2 Å². The summed E-state index contributed by atoms with van der Waals surface area (Å²) in [4.78, 5) is 12.5. The predicted octanol–water partition coefficient (Wildman–Crippen LogP) is 3.64. The lowest BCUT2D eigenvalue weighted by molar-refractivity contribution is -0.118. The van der Waals surface area contributed by atoms with Crippen molar-refractivity contribution in [2.75, 3.05) is 26.1 Å². The number of carbonyl (C=O) groups is 1. The van der Waals surface area contributed by atoms with Gasteiger partial charge in [0, 0.05) is 17.8 Å². The lowest BCUT2D eigenvalue weighted by Crippen LogP contribution is -2.36. The zero-order chi connectivity index (χ0) is 23.1. The first-order chi connectivity index (χ1) is 15.3. The number of ether oxygens (including phenoxy) is 3. The average Bonchev–Trinajstić information content (AvgIpc) is 2.78. The number of anilines is 1. The van der Waals surface area contributed by atoms with Gasteiger partial charge in [-0.3, -0.25) is 4.79 Å². The number of hydrogen-bond donors (Lipinski definition) is 2. The number of nitrogens with one attached hydrogen (secondary N) is 2. The van der Waals surface area contributed by atoms with E-state index in [2.05, 4.69) is 10.0 Å². The van der Waals surface area contributed by atoms with Gasteiger partial charge < -0.3 is 19.5 Å². The number of methoxy groups -OCH3 is 2. The smallest absolute Gasteiger partial charge is 0.262 e. The molecule has 2 aromatic carbocycles. The van der Waals surface area contributed by atoms with Crippen LogP contribution in [-0.4, -0.2) is 41.2 Å². The van der Waals surface area contributed by atoms with Gasteiger partial charge in [0.15, 0.2) is 18.1 Å². The quantitative estimate of drug-likeness (QED) is 0.590. The van der Waals surface area contributed by atoms with E-state index in [0.717, 1.165) is 32.1 Å². The van der Waals surface area contributed by atoms with Crippen LogP contribution in [0.3, 0.4) is 0 Å². The van der Waals surface area contributed by atoms with E-state index in [9.17, 15) is 13.2 Å². The molecule has 0 heterocycles. The molecule has 9 heteroatoms. The minimum Gasteiger partial charge on any atom is -0.493 e. The predicted molar refractivity (Wildman–Crippen MR) is 122 cm³/mol. The number of carbonyl (C=O) groups excluding carboxylic acids is 1. The Balaban J connectivity index is 1.59. The molecular weight excluding hydrogens is 432 g/mol. The van der Waals surface area contributed by atoms with Crippen molar-refractivity contribution in [3.8, 4) is 17.2 Å². The molecule has 1 saturated carbocycles. The van der Waals surface area contributed by atoms with E-state index < -0.39 is 10.0 Å². The van der Waals surface area contributed by atoms with Gasteiger partial charge in [0.1, 0.15) is 5.75 Å². The molecule has 0 aliphatic heterocycles. The summed E-state index contributed by atoms with van der Waals surface area (Å²) in [6.45, 7) is 1.53. The fourth-order valence-corrected chi connectivity index (χ4v) is 5.10. The molecule has 0 spiro atoms. The number of amides is 1. The fourth-order valence-electron chi connectivity index (χ4n) is 3.71. The van der Waals surface area contributed by atoms with Crippen LogP contribution in [0.1, 0.15) is 37.7 Å². The summed E-state index contributed by atoms with van der Waals surface area (Å²) in [5.74, 6) is 1.16. The normalized spacial score (nSPS) is 14.6. The molecule has 0 atom stereocenters. The largest absolute Gasteiger partial charge is 0.493 e. The Labute approximate surface area is 189 Å². The van der Waals surface area contributed by atoms with E-state index in [1.54, 1.807) is 37.3 Å². The zero-order valence-corrected chi connectivity index (χ0v) is 19.5. The summed E-state index contributed by atoms with van der Waals surface area (Å²) in [6, 6.07) is 9.68. The Morgan fingerprint density at radius 3 is 2.31 bits per heavy atom. The summed E-state index contributed by atoms with van der Waals surface area (Å²) >= 11 is 0. The highest BCUT2D eigenvalue weighted by Gasteiger charge is 2.22. The molecule has 0 unspecified atom stereocenters. The standard InChI is InChI=1S/C23H30N2O6S/c1-16-13-19(32(27,28)25-17-7-5-4-6-8-17)10-12-20(16)31-15-23(26)24-18-9-11-21(29-2)22(14-18)30-3/h9-14,17,25H,4-8,15H2,1-3H3,(H,24,26). The Morgan fingerprint density at radius 1 is 0.969 bits per heavy atom. The fraction of sp³-hybridized carbons (Fsp3) is 0.435. The van der Waals surface area contributed by atoms with E-state index in [0.29, 0.717) is 28.5 Å². The molecule has 3 rings (SSSR count). The lowest BCUT2D eigenvalue weighted by Gasteiger charge is -2.22. The molecule has 0 bridgehead atoms. The highest BCUT2D eigenvalue weighted by molar-refractivity contribution is 7.89. The van der Waals surface area contributed by atoms with Crippen LogP contribution in [0.4, 0.5) is 5.69 Å². The maximum Gasteiger partial charge on any atom is 0.262 e. The van der Waals surface area contributed by atoms with Gasteiger partial charge in [0.05, 0.1) is 19.1 Å². The molecule has 0 aromatic heterocycles. The minimum absolute atomic E-state index is 0.00902. The van der Waals surface area contributed by atoms with Crippen molar-refractivity contribution >= 4 is 21.6 Å². The lowest BCUT2D eigenvalue weighted by atomic mass is 9.96. The molecule has 1 fully saturated rings. The molecule has 8 nitrogen and oxygen atoms in total. The van der Waals surface area contributed by atoms with E-state index in [1.807, 2.05) is 0 Å². The van der Waals surface area contributed by atoms with Crippen molar-refractivity contribution in [2.24, 2.45) is 0 Å². The maximum absolute atomic E-state index is 12.7. The van der Waals surface area contributed by atoms with Crippen molar-refractivity contribution < 1.29 is 27.4 Å². The van der Waals surface area contributed by atoms with E-state index in [1.165, 1.54) is 20.3 Å². The van der Waals surface area contributed by atoms with Crippen molar-refractivity contribution in [1.29, 1.82) is 0 Å². The summed E-state index contributed by atoms with van der Waals surface area (Å²) in [5.41, 5.74) is 1.18. The number of hydrogen-bond acceptors (Lipinski definition) is 6.